The van der Waals surface area contributed by atoms with E-state index >= 15 is 0 Å². The predicted octanol–water partition coefficient (Wildman–Crippen LogP) is 15.5. The number of rotatable bonds is 2. The van der Waals surface area contributed by atoms with Gasteiger partial charge in [0.15, 0.2) is 0 Å². The Balaban J connectivity index is 1.31. The van der Waals surface area contributed by atoms with Crippen LogP contribution in [0.2, 0.25) is 0 Å². The molecule has 0 atom stereocenters. The van der Waals surface area contributed by atoms with E-state index in [0.29, 0.717) is 0 Å². The zero-order valence-corrected chi connectivity index (χ0v) is 41.2. The van der Waals surface area contributed by atoms with Crippen LogP contribution < -0.4 is 25.5 Å². The van der Waals surface area contributed by atoms with Crippen LogP contribution in [0.4, 0.5) is 34.1 Å². The van der Waals surface area contributed by atoms with Crippen molar-refractivity contribution in [1.82, 2.24) is 0 Å². The van der Waals surface area contributed by atoms with Gasteiger partial charge in [0, 0.05) is 43.0 Å². The molecule has 0 bridgehead atoms. The van der Waals surface area contributed by atoms with Crippen LogP contribution in [0.3, 0.4) is 0 Å². The molecule has 7 aromatic carbocycles. The van der Waals surface area contributed by atoms with E-state index in [9.17, 15) is 0 Å². The van der Waals surface area contributed by atoms with Crippen LogP contribution in [-0.4, -0.2) is 6.71 Å². The molecular formula is C60H63BN2S. The zero-order valence-electron chi connectivity index (χ0n) is 40.3. The Hall–Kier alpha value is -5.32. The fraction of sp³-hybridized carbons (Fsp3) is 0.333. The summed E-state index contributed by atoms with van der Waals surface area (Å²) in [6.07, 6.45) is 2.39. The maximum absolute atomic E-state index is 2.69. The third-order valence-corrected chi connectivity index (χ3v) is 16.6. The molecule has 1 aliphatic carbocycles. The zero-order chi connectivity index (χ0) is 45.0. The molecule has 2 nitrogen and oxygen atoms in total. The van der Waals surface area contributed by atoms with Gasteiger partial charge in [-0.3, -0.25) is 0 Å². The SMILES string of the molecule is CC(C)(C)c1ccc(N2c3cc(C(C)(C)C)cc4c3B(c3cc(C(C)(C)C)ccc3N4c3cccc4ccc5ccccc5c34)c3sc4cc5c(cc4c32)C(C)(C)CCC5(C)C)cc1. The maximum atomic E-state index is 2.69. The highest BCUT2D eigenvalue weighted by Crippen LogP contribution is 2.54. The molecule has 0 amide bonds. The van der Waals surface area contributed by atoms with Crippen molar-refractivity contribution in [3.05, 3.63) is 149 Å². The van der Waals surface area contributed by atoms with E-state index in [1.807, 2.05) is 11.3 Å². The van der Waals surface area contributed by atoms with Gasteiger partial charge in [-0.05, 0) is 143 Å². The Morgan fingerprint density at radius 1 is 0.500 bits per heavy atom. The number of fused-ring (bicyclic) bond motifs is 10. The summed E-state index contributed by atoms with van der Waals surface area (Å²) in [4.78, 5) is 5.35. The minimum absolute atomic E-state index is 0.0244. The van der Waals surface area contributed by atoms with E-state index in [2.05, 4.69) is 221 Å². The molecule has 322 valence electrons. The van der Waals surface area contributed by atoms with Crippen LogP contribution in [0.25, 0.3) is 31.6 Å². The molecule has 4 heteroatoms. The molecule has 0 fully saturated rings. The summed E-state index contributed by atoms with van der Waals surface area (Å²) >= 11 is 2.05. The Morgan fingerprint density at radius 2 is 1.09 bits per heavy atom. The molecule has 0 saturated heterocycles. The monoisotopic (exact) mass is 854 g/mol. The molecule has 1 aromatic heterocycles. The number of anilines is 6. The number of hydrogen-bond acceptors (Lipinski definition) is 3. The number of thiophene rings is 1. The van der Waals surface area contributed by atoms with Crippen LogP contribution >= 0.6 is 11.3 Å². The summed E-state index contributed by atoms with van der Waals surface area (Å²) in [5.41, 5.74) is 17.7. The van der Waals surface area contributed by atoms with Gasteiger partial charge in [0.25, 0.3) is 6.71 Å². The van der Waals surface area contributed by atoms with Crippen LogP contribution in [-0.2, 0) is 27.1 Å². The van der Waals surface area contributed by atoms with Gasteiger partial charge in [-0.25, -0.2) is 0 Å². The second-order valence-corrected chi connectivity index (χ2v) is 24.8. The quantitative estimate of drug-likeness (QED) is 0.126. The molecule has 0 unspecified atom stereocenters. The fourth-order valence-corrected chi connectivity index (χ4v) is 12.6. The molecule has 3 aliphatic rings. The Kier molecular flexibility index (Phi) is 8.80. The van der Waals surface area contributed by atoms with Crippen LogP contribution in [0, 0.1) is 0 Å². The molecular weight excluding hydrogens is 792 g/mol. The first-order valence-corrected chi connectivity index (χ1v) is 24.5. The molecule has 0 N–H and O–H groups in total. The van der Waals surface area contributed by atoms with Crippen molar-refractivity contribution in [3.8, 4) is 0 Å². The van der Waals surface area contributed by atoms with E-state index in [1.165, 1.54) is 122 Å². The lowest BCUT2D eigenvalue weighted by Gasteiger charge is -2.45. The third kappa shape index (κ3) is 6.18. The summed E-state index contributed by atoms with van der Waals surface area (Å²) in [6, 6.07) is 47.8. The van der Waals surface area contributed by atoms with Crippen molar-refractivity contribution in [3.63, 3.8) is 0 Å². The lowest BCUT2D eigenvalue weighted by molar-refractivity contribution is 0.332. The summed E-state index contributed by atoms with van der Waals surface area (Å²) in [7, 11) is 0. The normalized spacial score (nSPS) is 16.5. The van der Waals surface area contributed by atoms with Crippen molar-refractivity contribution >= 4 is 99.5 Å². The Morgan fingerprint density at radius 3 is 1.77 bits per heavy atom. The third-order valence-electron chi connectivity index (χ3n) is 15.3. The highest BCUT2D eigenvalue weighted by atomic mass is 32.1. The van der Waals surface area contributed by atoms with E-state index < -0.39 is 0 Å². The molecule has 64 heavy (non-hydrogen) atoms. The Bertz CT molecular complexity index is 3230. The van der Waals surface area contributed by atoms with Crippen LogP contribution in [0.1, 0.15) is 131 Å². The summed E-state index contributed by atoms with van der Waals surface area (Å²) in [6.45, 7) is 31.1. The fourth-order valence-electron chi connectivity index (χ4n) is 11.3. The molecule has 0 spiro atoms. The molecule has 2 aliphatic heterocycles. The van der Waals surface area contributed by atoms with Crippen molar-refractivity contribution < 1.29 is 0 Å². The van der Waals surface area contributed by atoms with Gasteiger partial charge in [-0.1, -0.05) is 163 Å². The lowest BCUT2D eigenvalue weighted by Crippen LogP contribution is -2.60. The van der Waals surface area contributed by atoms with E-state index in [-0.39, 0.29) is 33.8 Å². The molecule has 0 saturated carbocycles. The standard InChI is InChI=1S/C60H63BN2S/c1-56(2,3)38-23-26-41(27-24-38)62-49-32-40(58(7,8)9)33-50-53(49)61(55-54(62)43-34-44-45(35-51(43)64-55)60(12,13)30-29-59(44,10)11)46-31-39(57(4,5)6)25-28-47(46)63(50)48-20-16-18-37-22-21-36-17-14-15-19-42(36)52(37)48/h14-28,31-35H,29-30H2,1-13H3. The average molecular weight is 855 g/mol. The summed E-state index contributed by atoms with van der Waals surface area (Å²) in [5, 5.41) is 6.49. The second-order valence-electron chi connectivity index (χ2n) is 23.7. The number of hydrogen-bond donors (Lipinski definition) is 0. The van der Waals surface area contributed by atoms with Gasteiger partial charge < -0.3 is 9.80 Å². The van der Waals surface area contributed by atoms with Gasteiger partial charge in [-0.2, -0.15) is 0 Å². The van der Waals surface area contributed by atoms with Crippen LogP contribution in [0.5, 0.6) is 0 Å². The minimum atomic E-state index is -0.109. The first kappa shape index (κ1) is 41.4. The van der Waals surface area contributed by atoms with Crippen molar-refractivity contribution in [1.29, 1.82) is 0 Å². The van der Waals surface area contributed by atoms with Crippen molar-refractivity contribution in [2.24, 2.45) is 0 Å². The first-order chi connectivity index (χ1) is 30.1. The smallest absolute Gasteiger partial charge is 0.264 e. The largest absolute Gasteiger partial charge is 0.311 e. The van der Waals surface area contributed by atoms with Gasteiger partial charge in [0.2, 0.25) is 0 Å². The molecule has 8 aromatic rings. The van der Waals surface area contributed by atoms with Crippen LogP contribution in [0.15, 0.2) is 121 Å². The first-order valence-electron chi connectivity index (χ1n) is 23.7. The van der Waals surface area contributed by atoms with Gasteiger partial charge in [0.05, 0.1) is 11.4 Å². The van der Waals surface area contributed by atoms with E-state index in [4.69, 9.17) is 0 Å². The van der Waals surface area contributed by atoms with Gasteiger partial charge in [0.1, 0.15) is 0 Å². The molecule has 0 radical (unpaired) electrons. The number of benzene rings is 7. The van der Waals surface area contributed by atoms with Crippen molar-refractivity contribution in [2.75, 3.05) is 9.80 Å². The lowest BCUT2D eigenvalue weighted by atomic mass is 9.36. The molecule has 11 rings (SSSR count). The van der Waals surface area contributed by atoms with E-state index in [1.54, 1.807) is 0 Å². The maximum Gasteiger partial charge on any atom is 0.264 e. The highest BCUT2D eigenvalue weighted by molar-refractivity contribution is 7.33. The average Bonchev–Trinajstić information content (AvgIpc) is 3.61. The topological polar surface area (TPSA) is 6.48 Å². The summed E-state index contributed by atoms with van der Waals surface area (Å²) < 4.78 is 2.84. The Labute approximate surface area is 386 Å². The van der Waals surface area contributed by atoms with Crippen molar-refractivity contribution in [2.45, 2.75) is 130 Å². The van der Waals surface area contributed by atoms with E-state index in [0.717, 1.165) is 0 Å². The summed E-state index contributed by atoms with van der Waals surface area (Å²) in [5.74, 6) is 0. The highest BCUT2D eigenvalue weighted by Gasteiger charge is 2.47. The number of nitrogens with zero attached hydrogens (tertiary/aromatic N) is 2. The predicted molar refractivity (Wildman–Crippen MR) is 282 cm³/mol. The van der Waals surface area contributed by atoms with Gasteiger partial charge in [-0.15, -0.1) is 11.3 Å². The minimum Gasteiger partial charge on any atom is -0.311 e. The van der Waals surface area contributed by atoms with Gasteiger partial charge >= 0.3 is 0 Å². The second kappa shape index (κ2) is 13.6. The molecule has 3 heterocycles.